The molecule has 0 saturated heterocycles. The maximum Gasteiger partial charge on any atom is 0.224 e. The van der Waals surface area contributed by atoms with Crippen molar-refractivity contribution in [2.75, 3.05) is 14.2 Å². The first kappa shape index (κ1) is 21.9. The highest BCUT2D eigenvalue weighted by Gasteiger charge is 2.15. The number of ether oxygens (including phenoxy) is 1. The maximum absolute atomic E-state index is 12.1. The van der Waals surface area contributed by atoms with Gasteiger partial charge in [-0.2, -0.15) is 0 Å². The number of para-hydroxylation sites is 1. The van der Waals surface area contributed by atoms with Crippen molar-refractivity contribution in [3.8, 4) is 5.75 Å². The molecule has 1 amide bonds. The molecule has 0 radical (unpaired) electrons. The van der Waals surface area contributed by atoms with E-state index in [-0.39, 0.29) is 11.8 Å². The molecule has 0 saturated carbocycles. The molecule has 0 fully saturated rings. The molecule has 3 N–H and O–H groups in total. The summed E-state index contributed by atoms with van der Waals surface area (Å²) in [6.45, 7) is 6.04. The lowest BCUT2D eigenvalue weighted by molar-refractivity contribution is -0.120. The number of methoxy groups -OCH3 is 1. The molecule has 24 heavy (non-hydrogen) atoms. The number of rotatable bonds is 5. The van der Waals surface area contributed by atoms with Gasteiger partial charge in [0, 0.05) is 12.1 Å². The van der Waals surface area contributed by atoms with Gasteiger partial charge in [-0.3, -0.25) is 4.79 Å². The third kappa shape index (κ3) is 7.47. The lowest BCUT2D eigenvalue weighted by atomic mass is 9.96. The van der Waals surface area contributed by atoms with Crippen molar-refractivity contribution in [3.05, 3.63) is 53.8 Å². The Balaban J connectivity index is 0.00000123. The van der Waals surface area contributed by atoms with Crippen molar-refractivity contribution in [1.29, 1.82) is 0 Å². The predicted molar refractivity (Wildman–Crippen MR) is 102 cm³/mol. The molecule has 0 bridgehead atoms. The van der Waals surface area contributed by atoms with Gasteiger partial charge < -0.3 is 15.8 Å². The van der Waals surface area contributed by atoms with E-state index in [0.717, 1.165) is 29.9 Å². The molecule has 0 aliphatic heterocycles. The largest absolute Gasteiger partial charge is 0.496 e. The zero-order chi connectivity index (χ0) is 18.4. The van der Waals surface area contributed by atoms with Gasteiger partial charge in [-0.15, -0.1) is 0 Å². The van der Waals surface area contributed by atoms with E-state index in [9.17, 15) is 4.79 Å². The minimum atomic E-state index is 0.0428. The first-order valence-electron chi connectivity index (χ1n) is 8.58. The summed E-state index contributed by atoms with van der Waals surface area (Å²) in [4.78, 5) is 12.1. The van der Waals surface area contributed by atoms with E-state index >= 15 is 0 Å². The number of amides is 1. The molecule has 1 aromatic carbocycles. The number of hydrogen-bond acceptors (Lipinski definition) is 3. The van der Waals surface area contributed by atoms with Gasteiger partial charge in [-0.1, -0.05) is 51.1 Å². The summed E-state index contributed by atoms with van der Waals surface area (Å²) in [6, 6.07) is 7.85. The van der Waals surface area contributed by atoms with Crippen molar-refractivity contribution >= 4 is 5.91 Å². The summed E-state index contributed by atoms with van der Waals surface area (Å²) in [5.74, 6) is 1.00. The summed E-state index contributed by atoms with van der Waals surface area (Å²) >= 11 is 0. The van der Waals surface area contributed by atoms with Crippen LogP contribution in [-0.2, 0) is 4.79 Å². The number of benzene rings is 1. The van der Waals surface area contributed by atoms with Gasteiger partial charge in [-0.25, -0.2) is 0 Å². The molecule has 4 heteroatoms. The van der Waals surface area contributed by atoms with Crippen LogP contribution in [0, 0.1) is 0 Å². The monoisotopic (exact) mass is 332 g/mol. The normalized spacial score (nSPS) is 13.3. The quantitative estimate of drug-likeness (QED) is 0.851. The van der Waals surface area contributed by atoms with Crippen molar-refractivity contribution in [3.63, 3.8) is 0 Å². The Morgan fingerprint density at radius 1 is 1.25 bits per heavy atom. The van der Waals surface area contributed by atoms with Crippen LogP contribution in [0.2, 0.25) is 0 Å². The highest BCUT2D eigenvalue weighted by molar-refractivity contribution is 5.79. The number of nitrogens with two attached hydrogens (primary N) is 1. The second-order valence-corrected chi connectivity index (χ2v) is 5.03. The van der Waals surface area contributed by atoms with Gasteiger partial charge in [0.2, 0.25) is 5.91 Å². The lowest BCUT2D eigenvalue weighted by Gasteiger charge is -2.16. The molecule has 0 heterocycles. The Morgan fingerprint density at radius 2 is 1.92 bits per heavy atom. The highest BCUT2D eigenvalue weighted by Crippen LogP contribution is 2.28. The average Bonchev–Trinajstić information content (AvgIpc) is 2.65. The summed E-state index contributed by atoms with van der Waals surface area (Å²) in [5, 5.41) is 2.95. The van der Waals surface area contributed by atoms with Crippen molar-refractivity contribution in [2.45, 2.75) is 46.0 Å². The summed E-state index contributed by atoms with van der Waals surface area (Å²) < 4.78 is 5.34. The van der Waals surface area contributed by atoms with Gasteiger partial charge in [0.05, 0.1) is 7.11 Å². The van der Waals surface area contributed by atoms with E-state index in [1.54, 1.807) is 7.11 Å². The molecule has 4 nitrogen and oxygen atoms in total. The molecular weight excluding hydrogens is 300 g/mol. The predicted octanol–water partition coefficient (Wildman–Crippen LogP) is 4.14. The molecule has 1 unspecified atom stereocenters. The SMILES string of the molecule is CC.CN.COc1ccccc1C(C)CC(=O)NC1=CCCC=C1. The summed E-state index contributed by atoms with van der Waals surface area (Å²) in [7, 11) is 3.16. The maximum atomic E-state index is 12.1. The Morgan fingerprint density at radius 3 is 2.50 bits per heavy atom. The fraction of sp³-hybridized carbons (Fsp3) is 0.450. The fourth-order valence-electron chi connectivity index (χ4n) is 2.38. The number of carbonyl (C=O) groups is 1. The second-order valence-electron chi connectivity index (χ2n) is 5.03. The Kier molecular flexibility index (Phi) is 12.2. The van der Waals surface area contributed by atoms with Crippen LogP contribution in [0.15, 0.2) is 48.2 Å². The molecule has 1 aromatic rings. The minimum absolute atomic E-state index is 0.0428. The summed E-state index contributed by atoms with van der Waals surface area (Å²) in [6.07, 6.45) is 8.61. The Hall–Kier alpha value is -2.07. The van der Waals surface area contributed by atoms with Crippen LogP contribution in [0.3, 0.4) is 0 Å². The average molecular weight is 332 g/mol. The number of nitrogens with one attached hydrogen (secondary N) is 1. The smallest absolute Gasteiger partial charge is 0.224 e. The molecular formula is C20H32N2O2. The first-order valence-corrected chi connectivity index (χ1v) is 8.58. The standard InChI is InChI=1S/C17H21NO2.C2H6.CH5N/c1-13(15-10-6-7-11-16(15)20-2)12-17(19)18-14-8-4-3-5-9-14;2*1-2/h4,6-11,13H,3,5,12H2,1-2H3,(H,18,19);1-2H3;2H2,1H3. The van der Waals surface area contributed by atoms with Crippen molar-refractivity contribution in [1.82, 2.24) is 5.32 Å². The summed E-state index contributed by atoms with van der Waals surface area (Å²) in [5.41, 5.74) is 6.48. The number of hydrogen-bond donors (Lipinski definition) is 2. The Bertz CT molecular complexity index is 536. The second kappa shape index (κ2) is 13.4. The topological polar surface area (TPSA) is 64.3 Å². The van der Waals surface area contributed by atoms with Crippen LogP contribution in [0.4, 0.5) is 0 Å². The number of allylic oxidation sites excluding steroid dienone is 3. The van der Waals surface area contributed by atoms with E-state index in [4.69, 9.17) is 4.74 Å². The van der Waals surface area contributed by atoms with E-state index < -0.39 is 0 Å². The van der Waals surface area contributed by atoms with Gasteiger partial charge >= 0.3 is 0 Å². The van der Waals surface area contributed by atoms with Crippen LogP contribution < -0.4 is 15.8 Å². The highest BCUT2D eigenvalue weighted by atomic mass is 16.5. The van der Waals surface area contributed by atoms with Crippen LogP contribution in [0.5, 0.6) is 5.75 Å². The van der Waals surface area contributed by atoms with Crippen molar-refractivity contribution in [2.24, 2.45) is 5.73 Å². The van der Waals surface area contributed by atoms with Crippen LogP contribution >= 0.6 is 0 Å². The number of carbonyl (C=O) groups excluding carboxylic acids is 1. The molecule has 134 valence electrons. The fourth-order valence-corrected chi connectivity index (χ4v) is 2.38. The van der Waals surface area contributed by atoms with Crippen LogP contribution in [0.25, 0.3) is 0 Å². The van der Waals surface area contributed by atoms with E-state index in [2.05, 4.69) is 23.2 Å². The van der Waals surface area contributed by atoms with Crippen LogP contribution in [0.1, 0.15) is 51.5 Å². The third-order valence-corrected chi connectivity index (χ3v) is 3.44. The molecule has 0 spiro atoms. The first-order chi connectivity index (χ1) is 11.7. The van der Waals surface area contributed by atoms with E-state index in [1.165, 1.54) is 7.05 Å². The van der Waals surface area contributed by atoms with Crippen molar-refractivity contribution < 1.29 is 9.53 Å². The lowest BCUT2D eigenvalue weighted by Crippen LogP contribution is -2.23. The molecule has 1 aliphatic carbocycles. The third-order valence-electron chi connectivity index (χ3n) is 3.44. The van der Waals surface area contributed by atoms with Gasteiger partial charge in [0.1, 0.15) is 5.75 Å². The molecule has 1 aliphatic rings. The Labute approximate surface area is 146 Å². The molecule has 0 aromatic heterocycles. The molecule has 1 atom stereocenters. The van der Waals surface area contributed by atoms with Gasteiger partial charge in [-0.05, 0) is 43.5 Å². The van der Waals surface area contributed by atoms with Gasteiger partial charge in [0.15, 0.2) is 0 Å². The van der Waals surface area contributed by atoms with Gasteiger partial charge in [0.25, 0.3) is 0 Å². The zero-order valence-corrected chi connectivity index (χ0v) is 15.6. The van der Waals surface area contributed by atoms with Crippen LogP contribution in [-0.4, -0.2) is 20.1 Å². The zero-order valence-electron chi connectivity index (χ0n) is 15.6. The van der Waals surface area contributed by atoms with E-state index in [1.807, 2.05) is 51.1 Å². The minimum Gasteiger partial charge on any atom is -0.496 e. The van der Waals surface area contributed by atoms with E-state index in [0.29, 0.717) is 6.42 Å². The molecule has 2 rings (SSSR count).